The minimum atomic E-state index is 0.147. The number of rotatable bonds is 4. The Hall–Kier alpha value is -0.490. The van der Waals surface area contributed by atoms with Crippen molar-refractivity contribution in [3.63, 3.8) is 0 Å². The molecule has 1 heteroatoms. The van der Waals surface area contributed by atoms with Gasteiger partial charge in [-0.1, -0.05) is 26.3 Å². The second-order valence-corrected chi connectivity index (χ2v) is 5.81. The molecule has 0 saturated carbocycles. The Labute approximate surface area is 111 Å². The molecule has 96 valence electrons. The lowest BCUT2D eigenvalue weighted by atomic mass is 9.87. The third-order valence-corrected chi connectivity index (χ3v) is 4.59. The van der Waals surface area contributed by atoms with E-state index in [1.54, 1.807) is 0 Å². The molecule has 0 nitrogen and oxygen atoms in total. The van der Waals surface area contributed by atoms with Gasteiger partial charge in [0.25, 0.3) is 0 Å². The molecule has 0 aliphatic carbocycles. The first kappa shape index (κ1) is 14.6. The second kappa shape index (κ2) is 5.91. The lowest BCUT2D eigenvalue weighted by Crippen LogP contribution is -2.09. The highest BCUT2D eigenvalue weighted by Crippen LogP contribution is 2.37. The van der Waals surface area contributed by atoms with Gasteiger partial charge in [-0.2, -0.15) is 0 Å². The summed E-state index contributed by atoms with van der Waals surface area (Å²) in [5, 5.41) is 0.147. The molecule has 0 spiro atoms. The van der Waals surface area contributed by atoms with Crippen LogP contribution in [0.25, 0.3) is 0 Å². The molecule has 0 aliphatic heterocycles. The Morgan fingerprint density at radius 2 is 1.53 bits per heavy atom. The molecule has 17 heavy (non-hydrogen) atoms. The largest absolute Gasteiger partial charge is 0.118 e. The molecule has 1 aromatic carbocycles. The molecule has 0 N–H and O–H groups in total. The van der Waals surface area contributed by atoms with Crippen LogP contribution in [0.5, 0.6) is 0 Å². The van der Waals surface area contributed by atoms with E-state index in [-0.39, 0.29) is 5.38 Å². The van der Waals surface area contributed by atoms with E-state index >= 15 is 0 Å². The highest BCUT2D eigenvalue weighted by Gasteiger charge is 2.21. The van der Waals surface area contributed by atoms with Gasteiger partial charge in [0.05, 0.1) is 5.38 Å². The second-order valence-electron chi connectivity index (χ2n) is 5.34. The van der Waals surface area contributed by atoms with Crippen LogP contribution < -0.4 is 0 Å². The molecule has 0 amide bonds. The lowest BCUT2D eigenvalue weighted by Gasteiger charge is -2.24. The minimum absolute atomic E-state index is 0.147. The first-order chi connectivity index (χ1) is 7.90. The van der Waals surface area contributed by atoms with Crippen molar-refractivity contribution in [1.82, 2.24) is 0 Å². The maximum Gasteiger partial charge on any atom is 0.0616 e. The van der Waals surface area contributed by atoms with Crippen molar-refractivity contribution in [3.8, 4) is 0 Å². The average Bonchev–Trinajstić information content (AvgIpc) is 2.27. The Morgan fingerprint density at radius 1 is 1.06 bits per heavy atom. The van der Waals surface area contributed by atoms with Crippen LogP contribution >= 0.6 is 11.6 Å². The van der Waals surface area contributed by atoms with E-state index in [9.17, 15) is 0 Å². The van der Waals surface area contributed by atoms with E-state index in [4.69, 9.17) is 11.6 Å². The van der Waals surface area contributed by atoms with Crippen LogP contribution in [0.2, 0.25) is 0 Å². The van der Waals surface area contributed by atoms with E-state index < -0.39 is 0 Å². The monoisotopic (exact) mass is 252 g/mol. The number of aryl methyl sites for hydroxylation is 2. The maximum absolute atomic E-state index is 6.69. The van der Waals surface area contributed by atoms with Gasteiger partial charge in [-0.3, -0.25) is 0 Å². The van der Waals surface area contributed by atoms with Crippen LogP contribution in [0.1, 0.15) is 59.9 Å². The van der Waals surface area contributed by atoms with Gasteiger partial charge in [-0.25, -0.2) is 0 Å². The summed E-state index contributed by atoms with van der Waals surface area (Å²) in [4.78, 5) is 0. The van der Waals surface area contributed by atoms with Gasteiger partial charge in [0, 0.05) is 0 Å². The summed E-state index contributed by atoms with van der Waals surface area (Å²) in [6.45, 7) is 13.2. The quantitative estimate of drug-likeness (QED) is 0.609. The van der Waals surface area contributed by atoms with Gasteiger partial charge >= 0.3 is 0 Å². The topological polar surface area (TPSA) is 0 Å². The molecule has 1 rings (SSSR count). The van der Waals surface area contributed by atoms with E-state index in [1.807, 2.05) is 0 Å². The number of benzene rings is 1. The first-order valence-corrected chi connectivity index (χ1v) is 7.05. The Balaban J connectivity index is 3.20. The fourth-order valence-corrected chi connectivity index (χ4v) is 3.00. The van der Waals surface area contributed by atoms with Crippen LogP contribution in [-0.2, 0) is 0 Å². The third-order valence-electron chi connectivity index (χ3n) is 3.94. The zero-order valence-electron chi connectivity index (χ0n) is 12.0. The van der Waals surface area contributed by atoms with Gasteiger partial charge in [0.15, 0.2) is 0 Å². The smallest absolute Gasteiger partial charge is 0.0616 e. The molecule has 1 aromatic rings. The zero-order chi connectivity index (χ0) is 13.2. The number of hydrogen-bond acceptors (Lipinski definition) is 0. The van der Waals surface area contributed by atoms with Crippen molar-refractivity contribution >= 4 is 11.6 Å². The standard InChI is InChI=1S/C16H25Cl/c1-7-8-10(2)16(17)15-13(5)11(3)9-12(4)14(15)6/h9-10,16H,7-8H2,1-6H3. The summed E-state index contributed by atoms with van der Waals surface area (Å²) >= 11 is 6.69. The lowest BCUT2D eigenvalue weighted by molar-refractivity contribution is 0.505. The molecular formula is C16H25Cl. The SMILES string of the molecule is CCCC(C)C(Cl)c1c(C)c(C)cc(C)c1C. The van der Waals surface area contributed by atoms with Crippen molar-refractivity contribution in [2.24, 2.45) is 5.92 Å². The molecule has 2 atom stereocenters. The van der Waals surface area contributed by atoms with Crippen molar-refractivity contribution in [2.45, 2.75) is 59.8 Å². The van der Waals surface area contributed by atoms with Crippen LogP contribution in [-0.4, -0.2) is 0 Å². The maximum atomic E-state index is 6.69. The summed E-state index contributed by atoms with van der Waals surface area (Å²) in [5.41, 5.74) is 6.83. The van der Waals surface area contributed by atoms with Gasteiger partial charge in [0.2, 0.25) is 0 Å². The fourth-order valence-electron chi connectivity index (χ4n) is 2.55. The third kappa shape index (κ3) is 3.04. The molecule has 0 bridgehead atoms. The van der Waals surface area contributed by atoms with Crippen LogP contribution in [0, 0.1) is 33.6 Å². The Bertz CT molecular complexity index is 367. The highest BCUT2D eigenvalue weighted by molar-refractivity contribution is 6.21. The first-order valence-electron chi connectivity index (χ1n) is 6.61. The van der Waals surface area contributed by atoms with E-state index in [0.29, 0.717) is 5.92 Å². The highest BCUT2D eigenvalue weighted by atomic mass is 35.5. The van der Waals surface area contributed by atoms with Gasteiger partial charge in [-0.05, 0) is 67.9 Å². The summed E-state index contributed by atoms with van der Waals surface area (Å²) < 4.78 is 0. The van der Waals surface area contributed by atoms with E-state index in [0.717, 1.165) is 0 Å². The summed E-state index contributed by atoms with van der Waals surface area (Å²) in [5.74, 6) is 0.542. The van der Waals surface area contributed by atoms with Crippen LogP contribution in [0.4, 0.5) is 0 Å². The van der Waals surface area contributed by atoms with Gasteiger partial charge < -0.3 is 0 Å². The Morgan fingerprint density at radius 3 is 1.94 bits per heavy atom. The van der Waals surface area contributed by atoms with E-state index in [2.05, 4.69) is 47.6 Å². The molecule has 0 aliphatic rings. The van der Waals surface area contributed by atoms with Crippen molar-refractivity contribution in [1.29, 1.82) is 0 Å². The molecular weight excluding hydrogens is 228 g/mol. The van der Waals surface area contributed by atoms with Gasteiger partial charge in [-0.15, -0.1) is 11.6 Å². The zero-order valence-corrected chi connectivity index (χ0v) is 12.8. The molecule has 0 fully saturated rings. The summed E-state index contributed by atoms with van der Waals surface area (Å²) in [7, 11) is 0. The van der Waals surface area contributed by atoms with Crippen LogP contribution in [0.3, 0.4) is 0 Å². The molecule has 0 aromatic heterocycles. The minimum Gasteiger partial charge on any atom is -0.118 e. The number of halogens is 1. The van der Waals surface area contributed by atoms with Crippen molar-refractivity contribution < 1.29 is 0 Å². The summed E-state index contributed by atoms with van der Waals surface area (Å²) in [6.07, 6.45) is 2.40. The number of hydrogen-bond donors (Lipinski definition) is 0. The van der Waals surface area contributed by atoms with Crippen molar-refractivity contribution in [3.05, 3.63) is 33.9 Å². The number of alkyl halides is 1. The average molecular weight is 253 g/mol. The Kier molecular flexibility index (Phi) is 5.06. The van der Waals surface area contributed by atoms with Crippen LogP contribution in [0.15, 0.2) is 6.07 Å². The fraction of sp³-hybridized carbons (Fsp3) is 0.625. The molecule has 0 radical (unpaired) electrons. The predicted octanol–water partition coefficient (Wildman–Crippen LogP) is 5.64. The molecule has 0 heterocycles. The van der Waals surface area contributed by atoms with E-state index in [1.165, 1.54) is 40.7 Å². The summed E-state index contributed by atoms with van der Waals surface area (Å²) in [6, 6.07) is 2.27. The predicted molar refractivity (Wildman–Crippen MR) is 78.1 cm³/mol. The van der Waals surface area contributed by atoms with Crippen molar-refractivity contribution in [2.75, 3.05) is 0 Å². The molecule has 0 saturated heterocycles. The normalized spacial score (nSPS) is 14.8. The molecule has 2 unspecified atom stereocenters. The van der Waals surface area contributed by atoms with Gasteiger partial charge in [0.1, 0.15) is 0 Å².